The SMILES string of the molecule is CN1CC[C@]2(CC[C@H](c3ccc(OCc4ccccc4F)cc3)N2)C1=O.Cl. The molecule has 4 rings (SSSR count). The van der Waals surface area contributed by atoms with Crippen molar-refractivity contribution in [2.24, 2.45) is 0 Å². The Labute approximate surface area is 165 Å². The van der Waals surface area contributed by atoms with E-state index >= 15 is 0 Å². The number of nitrogens with zero attached hydrogens (tertiary/aromatic N) is 1. The molecule has 2 atom stereocenters. The monoisotopic (exact) mass is 390 g/mol. The first kappa shape index (κ1) is 19.6. The molecular formula is C21H24ClFN2O2. The third kappa shape index (κ3) is 3.80. The average molecular weight is 391 g/mol. The Kier molecular flexibility index (Phi) is 5.72. The van der Waals surface area contributed by atoms with Crippen molar-refractivity contribution in [3.05, 3.63) is 65.5 Å². The molecule has 0 aromatic heterocycles. The summed E-state index contributed by atoms with van der Waals surface area (Å²) in [4.78, 5) is 14.2. The van der Waals surface area contributed by atoms with Gasteiger partial charge in [-0.15, -0.1) is 12.4 Å². The molecular weight excluding hydrogens is 367 g/mol. The van der Waals surface area contributed by atoms with Gasteiger partial charge in [-0.3, -0.25) is 10.1 Å². The zero-order valence-electron chi connectivity index (χ0n) is 15.3. The predicted molar refractivity (Wildman–Crippen MR) is 105 cm³/mol. The molecule has 0 aliphatic carbocycles. The Morgan fingerprint density at radius 2 is 1.93 bits per heavy atom. The van der Waals surface area contributed by atoms with Gasteiger partial charge < -0.3 is 9.64 Å². The first-order chi connectivity index (χ1) is 12.6. The molecule has 0 radical (unpaired) electrons. The van der Waals surface area contributed by atoms with Gasteiger partial charge in [-0.05, 0) is 43.0 Å². The lowest BCUT2D eigenvalue weighted by Gasteiger charge is -2.23. The van der Waals surface area contributed by atoms with E-state index in [0.717, 1.165) is 31.4 Å². The molecule has 27 heavy (non-hydrogen) atoms. The van der Waals surface area contributed by atoms with Gasteiger partial charge in [-0.1, -0.05) is 30.3 Å². The summed E-state index contributed by atoms with van der Waals surface area (Å²) in [6.45, 7) is 1.03. The summed E-state index contributed by atoms with van der Waals surface area (Å²) in [7, 11) is 1.87. The number of carbonyl (C=O) groups is 1. The van der Waals surface area contributed by atoms with E-state index in [2.05, 4.69) is 5.32 Å². The van der Waals surface area contributed by atoms with Crippen LogP contribution in [0.3, 0.4) is 0 Å². The highest BCUT2D eigenvalue weighted by Crippen LogP contribution is 2.39. The lowest BCUT2D eigenvalue weighted by Crippen LogP contribution is -2.47. The molecule has 2 aliphatic rings. The summed E-state index contributed by atoms with van der Waals surface area (Å²) in [5.74, 6) is 0.669. The van der Waals surface area contributed by atoms with E-state index in [4.69, 9.17) is 4.74 Å². The van der Waals surface area contributed by atoms with Gasteiger partial charge in [0.2, 0.25) is 5.91 Å². The minimum atomic E-state index is -0.376. The first-order valence-electron chi connectivity index (χ1n) is 9.07. The zero-order chi connectivity index (χ0) is 18.1. The highest BCUT2D eigenvalue weighted by Gasteiger charge is 2.49. The van der Waals surface area contributed by atoms with Gasteiger partial charge >= 0.3 is 0 Å². The number of amides is 1. The molecule has 2 aliphatic heterocycles. The number of halogens is 2. The molecule has 2 fully saturated rings. The maximum Gasteiger partial charge on any atom is 0.242 e. The second-order valence-electron chi connectivity index (χ2n) is 7.24. The third-order valence-electron chi connectivity index (χ3n) is 5.58. The van der Waals surface area contributed by atoms with Gasteiger partial charge in [0.15, 0.2) is 0 Å². The number of likely N-dealkylation sites (tertiary alicyclic amines) is 1. The van der Waals surface area contributed by atoms with Crippen LogP contribution in [-0.4, -0.2) is 29.9 Å². The number of ether oxygens (including phenoxy) is 1. The van der Waals surface area contributed by atoms with Crippen LogP contribution in [0.1, 0.15) is 36.4 Å². The summed E-state index contributed by atoms with van der Waals surface area (Å²) in [5, 5.41) is 3.57. The lowest BCUT2D eigenvalue weighted by molar-refractivity contribution is -0.131. The van der Waals surface area contributed by atoms with Crippen LogP contribution < -0.4 is 10.1 Å². The molecule has 1 spiro atoms. The summed E-state index contributed by atoms with van der Waals surface area (Å²) < 4.78 is 19.3. The molecule has 144 valence electrons. The summed E-state index contributed by atoms with van der Waals surface area (Å²) in [5.41, 5.74) is 1.32. The molecule has 0 bridgehead atoms. The zero-order valence-corrected chi connectivity index (χ0v) is 16.1. The van der Waals surface area contributed by atoms with E-state index in [-0.39, 0.29) is 42.3 Å². The van der Waals surface area contributed by atoms with Crippen molar-refractivity contribution in [1.82, 2.24) is 10.2 Å². The molecule has 6 heteroatoms. The molecule has 2 aromatic carbocycles. The van der Waals surface area contributed by atoms with E-state index in [1.807, 2.05) is 36.2 Å². The van der Waals surface area contributed by atoms with E-state index < -0.39 is 0 Å². The van der Waals surface area contributed by atoms with Crippen LogP contribution in [0.25, 0.3) is 0 Å². The number of nitrogens with one attached hydrogen (secondary N) is 1. The second-order valence-corrected chi connectivity index (χ2v) is 7.24. The second kappa shape index (κ2) is 7.87. The van der Waals surface area contributed by atoms with Crippen LogP contribution >= 0.6 is 12.4 Å². The average Bonchev–Trinajstić information content (AvgIpc) is 3.22. The van der Waals surface area contributed by atoms with Crippen molar-refractivity contribution in [2.75, 3.05) is 13.6 Å². The van der Waals surface area contributed by atoms with Gasteiger partial charge in [0.25, 0.3) is 0 Å². The normalized spacial score (nSPS) is 24.3. The van der Waals surface area contributed by atoms with Crippen molar-refractivity contribution >= 4 is 18.3 Å². The topological polar surface area (TPSA) is 41.6 Å². The fraction of sp³-hybridized carbons (Fsp3) is 0.381. The van der Waals surface area contributed by atoms with Crippen LogP contribution in [0, 0.1) is 5.82 Å². The summed E-state index contributed by atoms with van der Waals surface area (Å²) in [6.07, 6.45) is 2.71. The molecule has 1 N–H and O–H groups in total. The molecule has 4 nitrogen and oxygen atoms in total. The van der Waals surface area contributed by atoms with E-state index in [9.17, 15) is 9.18 Å². The minimum Gasteiger partial charge on any atom is -0.489 e. The Bertz CT molecular complexity index is 814. The predicted octanol–water partition coefficient (Wildman–Crippen LogP) is 3.85. The number of hydrogen-bond acceptors (Lipinski definition) is 3. The Balaban J connectivity index is 0.00000210. The fourth-order valence-corrected chi connectivity index (χ4v) is 3.99. The molecule has 1 amide bonds. The molecule has 2 heterocycles. The van der Waals surface area contributed by atoms with Crippen LogP contribution in [0.15, 0.2) is 48.5 Å². The standard InChI is InChI=1S/C21H23FN2O2.ClH/c1-24-13-12-21(20(24)25)11-10-19(23-21)15-6-8-17(9-7-15)26-14-16-4-2-3-5-18(16)22;/h2-9,19,23H,10-14H2,1H3;1H/t19-,21-;/m1./s1. The molecule has 2 saturated heterocycles. The highest BCUT2D eigenvalue weighted by molar-refractivity contribution is 5.88. The molecule has 2 aromatic rings. The third-order valence-corrected chi connectivity index (χ3v) is 5.58. The Morgan fingerprint density at radius 1 is 1.19 bits per heavy atom. The maximum atomic E-state index is 13.6. The summed E-state index contributed by atoms with van der Waals surface area (Å²) >= 11 is 0. The van der Waals surface area contributed by atoms with Crippen molar-refractivity contribution < 1.29 is 13.9 Å². The van der Waals surface area contributed by atoms with Crippen LogP contribution in [0.2, 0.25) is 0 Å². The Hall–Kier alpha value is -2.11. The number of hydrogen-bond donors (Lipinski definition) is 1. The van der Waals surface area contributed by atoms with Crippen molar-refractivity contribution in [3.63, 3.8) is 0 Å². The maximum absolute atomic E-state index is 13.6. The molecule has 0 saturated carbocycles. The van der Waals surface area contributed by atoms with Crippen molar-refractivity contribution in [1.29, 1.82) is 0 Å². The van der Waals surface area contributed by atoms with Crippen LogP contribution in [0.5, 0.6) is 5.75 Å². The molecule has 0 unspecified atom stereocenters. The first-order valence-corrected chi connectivity index (χ1v) is 9.07. The number of carbonyl (C=O) groups excluding carboxylic acids is 1. The largest absolute Gasteiger partial charge is 0.489 e. The van der Waals surface area contributed by atoms with E-state index in [1.165, 1.54) is 6.07 Å². The van der Waals surface area contributed by atoms with Gasteiger partial charge in [0, 0.05) is 25.2 Å². The summed E-state index contributed by atoms with van der Waals surface area (Å²) in [6, 6.07) is 14.7. The Morgan fingerprint density at radius 3 is 2.59 bits per heavy atom. The van der Waals surface area contributed by atoms with Gasteiger partial charge in [0.05, 0.1) is 0 Å². The van der Waals surface area contributed by atoms with Crippen LogP contribution in [-0.2, 0) is 11.4 Å². The lowest BCUT2D eigenvalue weighted by atomic mass is 9.96. The minimum absolute atomic E-state index is 0. The smallest absolute Gasteiger partial charge is 0.242 e. The number of rotatable bonds is 4. The quantitative estimate of drug-likeness (QED) is 0.862. The highest BCUT2D eigenvalue weighted by atomic mass is 35.5. The van der Waals surface area contributed by atoms with Crippen molar-refractivity contribution in [3.8, 4) is 5.75 Å². The number of likely N-dealkylation sites (N-methyl/N-ethyl adjacent to an activating group) is 1. The van der Waals surface area contributed by atoms with Crippen LogP contribution in [0.4, 0.5) is 4.39 Å². The van der Waals surface area contributed by atoms with Gasteiger partial charge in [-0.2, -0.15) is 0 Å². The van der Waals surface area contributed by atoms with Gasteiger partial charge in [0.1, 0.15) is 23.7 Å². The van der Waals surface area contributed by atoms with E-state index in [1.54, 1.807) is 18.2 Å². The van der Waals surface area contributed by atoms with E-state index in [0.29, 0.717) is 11.3 Å². The van der Waals surface area contributed by atoms with Gasteiger partial charge in [-0.25, -0.2) is 4.39 Å². The fourth-order valence-electron chi connectivity index (χ4n) is 3.99. The van der Waals surface area contributed by atoms with Crippen molar-refractivity contribution in [2.45, 2.75) is 37.5 Å². The number of benzene rings is 2.